The van der Waals surface area contributed by atoms with Crippen molar-refractivity contribution in [3.8, 4) is 0 Å². The molecule has 1 aliphatic carbocycles. The number of hydrogen-bond acceptors (Lipinski definition) is 4. The van der Waals surface area contributed by atoms with E-state index in [0.29, 0.717) is 56.0 Å². The number of hydrogen-bond donors (Lipinski definition) is 1. The molecule has 2 saturated heterocycles. The van der Waals surface area contributed by atoms with Gasteiger partial charge < -0.3 is 15.0 Å². The van der Waals surface area contributed by atoms with Gasteiger partial charge in [-0.3, -0.25) is 9.59 Å². The van der Waals surface area contributed by atoms with Crippen molar-refractivity contribution in [2.45, 2.75) is 25.3 Å². The molecule has 7 nitrogen and oxygen atoms in total. The predicted molar refractivity (Wildman–Crippen MR) is 85.9 cm³/mol. The van der Waals surface area contributed by atoms with Gasteiger partial charge in [-0.05, 0) is 37.5 Å². The van der Waals surface area contributed by atoms with Crippen LogP contribution in [0.5, 0.6) is 0 Å². The molecule has 2 heterocycles. The Bertz CT molecular complexity index is 735. The molecule has 1 aromatic rings. The normalized spacial score (nSPS) is 22.0. The standard InChI is InChI=1S/C17H19N3O4/c1-11-12(14(21)19-7-9-24-10-8-19)3-2-4-13(11)20-15(22)17(5-6-17)18-16(20)23/h2-4H,5-10H2,1H3,(H,18,23). The first-order chi connectivity index (χ1) is 11.5. The summed E-state index contributed by atoms with van der Waals surface area (Å²) in [5, 5.41) is 2.77. The molecule has 126 valence electrons. The molecule has 0 atom stereocenters. The van der Waals surface area contributed by atoms with Gasteiger partial charge in [0.25, 0.3) is 11.8 Å². The number of urea groups is 1. The third-order valence-electron chi connectivity index (χ3n) is 4.99. The van der Waals surface area contributed by atoms with Gasteiger partial charge in [-0.25, -0.2) is 9.69 Å². The van der Waals surface area contributed by atoms with Crippen LogP contribution >= 0.6 is 0 Å². The molecule has 24 heavy (non-hydrogen) atoms. The van der Waals surface area contributed by atoms with E-state index in [1.165, 1.54) is 4.90 Å². The molecule has 4 amide bonds. The Morgan fingerprint density at radius 1 is 1.21 bits per heavy atom. The molecular formula is C17H19N3O4. The largest absolute Gasteiger partial charge is 0.378 e. The zero-order chi connectivity index (χ0) is 16.9. The number of nitrogens with zero attached hydrogens (tertiary/aromatic N) is 2. The van der Waals surface area contributed by atoms with Gasteiger partial charge in [0, 0.05) is 18.7 Å². The third-order valence-corrected chi connectivity index (χ3v) is 4.99. The van der Waals surface area contributed by atoms with Gasteiger partial charge in [-0.2, -0.15) is 0 Å². The van der Waals surface area contributed by atoms with Crippen molar-refractivity contribution in [3.05, 3.63) is 29.3 Å². The molecular weight excluding hydrogens is 310 g/mol. The lowest BCUT2D eigenvalue weighted by molar-refractivity contribution is -0.119. The van der Waals surface area contributed by atoms with Crippen molar-refractivity contribution < 1.29 is 19.1 Å². The maximum absolute atomic E-state index is 12.8. The molecule has 0 bridgehead atoms. The minimum atomic E-state index is -0.701. The van der Waals surface area contributed by atoms with E-state index < -0.39 is 11.6 Å². The topological polar surface area (TPSA) is 79.0 Å². The number of anilines is 1. The molecule has 2 aliphatic heterocycles. The van der Waals surface area contributed by atoms with E-state index in [0.717, 1.165) is 0 Å². The third kappa shape index (κ3) is 2.19. The zero-order valence-electron chi connectivity index (χ0n) is 13.5. The molecule has 0 aromatic heterocycles. The fraction of sp³-hybridized carbons (Fsp3) is 0.471. The Hall–Kier alpha value is -2.41. The fourth-order valence-electron chi connectivity index (χ4n) is 3.34. The summed E-state index contributed by atoms with van der Waals surface area (Å²) in [6.45, 7) is 3.94. The van der Waals surface area contributed by atoms with Crippen molar-refractivity contribution in [3.63, 3.8) is 0 Å². The zero-order valence-corrected chi connectivity index (χ0v) is 13.5. The van der Waals surface area contributed by atoms with Crippen molar-refractivity contribution in [2.24, 2.45) is 0 Å². The molecule has 3 fully saturated rings. The number of rotatable bonds is 2. The van der Waals surface area contributed by atoms with E-state index in [2.05, 4.69) is 5.32 Å². The molecule has 0 radical (unpaired) electrons. The summed E-state index contributed by atoms with van der Waals surface area (Å²) in [5.41, 5.74) is 0.954. The van der Waals surface area contributed by atoms with Crippen LogP contribution in [0.3, 0.4) is 0 Å². The maximum atomic E-state index is 12.8. The molecule has 0 unspecified atom stereocenters. The van der Waals surface area contributed by atoms with E-state index in [4.69, 9.17) is 4.74 Å². The molecule has 7 heteroatoms. The molecule has 1 N–H and O–H groups in total. The van der Waals surface area contributed by atoms with Crippen molar-refractivity contribution >= 4 is 23.5 Å². The van der Waals surface area contributed by atoms with Crippen LogP contribution in [-0.2, 0) is 9.53 Å². The lowest BCUT2D eigenvalue weighted by Crippen LogP contribution is -2.41. The van der Waals surface area contributed by atoms with Crippen molar-refractivity contribution in [1.82, 2.24) is 10.2 Å². The maximum Gasteiger partial charge on any atom is 0.329 e. The number of benzene rings is 1. The summed E-state index contributed by atoms with van der Waals surface area (Å²) < 4.78 is 5.28. The van der Waals surface area contributed by atoms with Crippen LogP contribution in [0.4, 0.5) is 10.5 Å². The fourth-order valence-corrected chi connectivity index (χ4v) is 3.34. The summed E-state index contributed by atoms with van der Waals surface area (Å²) in [6, 6.07) is 4.76. The van der Waals surface area contributed by atoms with Crippen LogP contribution in [0.1, 0.15) is 28.8 Å². The summed E-state index contributed by atoms with van der Waals surface area (Å²) in [7, 11) is 0. The summed E-state index contributed by atoms with van der Waals surface area (Å²) in [5.74, 6) is -0.308. The quantitative estimate of drug-likeness (QED) is 0.823. The van der Waals surface area contributed by atoms with Gasteiger partial charge in [0.15, 0.2) is 0 Å². The van der Waals surface area contributed by atoms with E-state index in [1.54, 1.807) is 30.0 Å². The highest BCUT2D eigenvalue weighted by Crippen LogP contribution is 2.43. The highest BCUT2D eigenvalue weighted by molar-refractivity contribution is 6.25. The summed E-state index contributed by atoms with van der Waals surface area (Å²) >= 11 is 0. The lowest BCUT2D eigenvalue weighted by Gasteiger charge is -2.28. The Balaban J connectivity index is 1.67. The first-order valence-corrected chi connectivity index (χ1v) is 8.17. The van der Waals surface area contributed by atoms with Gasteiger partial charge in [0.2, 0.25) is 0 Å². The van der Waals surface area contributed by atoms with Gasteiger partial charge >= 0.3 is 6.03 Å². The van der Waals surface area contributed by atoms with Gasteiger partial charge in [-0.15, -0.1) is 0 Å². The lowest BCUT2D eigenvalue weighted by atomic mass is 10.0. The first-order valence-electron chi connectivity index (χ1n) is 8.17. The smallest absolute Gasteiger partial charge is 0.329 e. The Morgan fingerprint density at radius 3 is 2.54 bits per heavy atom. The second-order valence-corrected chi connectivity index (χ2v) is 6.51. The minimum absolute atomic E-state index is 0.0918. The first kappa shape index (κ1) is 15.1. The van der Waals surface area contributed by atoms with Crippen LogP contribution in [0.25, 0.3) is 0 Å². The average molecular weight is 329 g/mol. The molecule has 1 saturated carbocycles. The van der Waals surface area contributed by atoms with Crippen LogP contribution < -0.4 is 10.2 Å². The predicted octanol–water partition coefficient (Wildman–Crippen LogP) is 1.06. The van der Waals surface area contributed by atoms with Gasteiger partial charge in [-0.1, -0.05) is 6.07 Å². The van der Waals surface area contributed by atoms with E-state index >= 15 is 0 Å². The number of amides is 4. The second kappa shape index (κ2) is 5.31. The number of imide groups is 1. The number of carbonyl (C=O) groups is 3. The second-order valence-electron chi connectivity index (χ2n) is 6.51. The SMILES string of the molecule is Cc1c(C(=O)N2CCOCC2)cccc1N1C(=O)NC2(CC2)C1=O. The number of morpholine rings is 1. The van der Waals surface area contributed by atoms with Gasteiger partial charge in [0.05, 0.1) is 18.9 Å². The average Bonchev–Trinajstić information content (AvgIpc) is 3.32. The number of ether oxygens (including phenoxy) is 1. The highest BCUT2D eigenvalue weighted by atomic mass is 16.5. The highest BCUT2D eigenvalue weighted by Gasteiger charge is 2.60. The van der Waals surface area contributed by atoms with Crippen LogP contribution in [0.2, 0.25) is 0 Å². The summed E-state index contributed by atoms with van der Waals surface area (Å²) in [6.07, 6.45) is 1.36. The van der Waals surface area contributed by atoms with Crippen LogP contribution in [0.15, 0.2) is 18.2 Å². The van der Waals surface area contributed by atoms with Crippen LogP contribution in [0, 0.1) is 6.92 Å². The Labute approximate surface area is 139 Å². The monoisotopic (exact) mass is 329 g/mol. The molecule has 3 aliphatic rings. The molecule has 1 aromatic carbocycles. The minimum Gasteiger partial charge on any atom is -0.378 e. The summed E-state index contributed by atoms with van der Waals surface area (Å²) in [4.78, 5) is 40.5. The molecule has 4 rings (SSSR count). The van der Waals surface area contributed by atoms with Gasteiger partial charge in [0.1, 0.15) is 5.54 Å². The Morgan fingerprint density at radius 2 is 1.92 bits per heavy atom. The van der Waals surface area contributed by atoms with Crippen LogP contribution in [-0.4, -0.2) is 54.6 Å². The van der Waals surface area contributed by atoms with E-state index in [1.807, 2.05) is 0 Å². The van der Waals surface area contributed by atoms with E-state index in [9.17, 15) is 14.4 Å². The van der Waals surface area contributed by atoms with Crippen molar-refractivity contribution in [2.75, 3.05) is 31.2 Å². The molecule has 1 spiro atoms. The van der Waals surface area contributed by atoms with E-state index in [-0.39, 0.29) is 11.8 Å². The Kier molecular flexibility index (Phi) is 3.35. The number of nitrogens with one attached hydrogen (secondary N) is 1. The number of carbonyl (C=O) groups excluding carboxylic acids is 3. The van der Waals surface area contributed by atoms with Crippen molar-refractivity contribution in [1.29, 1.82) is 0 Å².